The number of carboxylic acid groups (broad SMARTS) is 1. The first kappa shape index (κ1) is 15.9. The number of nitrogens with two attached hydrogens (primary N) is 1. The van der Waals surface area contributed by atoms with Gasteiger partial charge in [0, 0.05) is 13.5 Å². The average Bonchev–Trinajstić information content (AvgIpc) is 2.16. The van der Waals surface area contributed by atoms with Crippen molar-refractivity contribution in [3.63, 3.8) is 0 Å². The molecule has 0 radical (unpaired) electrons. The first-order valence-electron chi connectivity index (χ1n) is 5.39. The van der Waals surface area contributed by atoms with Crippen molar-refractivity contribution in [2.75, 3.05) is 7.11 Å². The van der Waals surface area contributed by atoms with Crippen LogP contribution >= 0.6 is 0 Å². The van der Waals surface area contributed by atoms with E-state index in [0.29, 0.717) is 0 Å². The van der Waals surface area contributed by atoms with E-state index in [0.717, 1.165) is 0 Å². The number of methoxy groups -OCH3 is 1. The van der Waals surface area contributed by atoms with E-state index in [1.165, 1.54) is 21.0 Å². The Labute approximate surface area is 102 Å². The van der Waals surface area contributed by atoms with E-state index in [1.54, 1.807) is 13.8 Å². The number of nitrogens with one attached hydrogen (secondary N) is 1. The third-order valence-electron chi connectivity index (χ3n) is 2.77. The highest BCUT2D eigenvalue weighted by atomic mass is 16.5. The van der Waals surface area contributed by atoms with Gasteiger partial charge in [-0.1, -0.05) is 0 Å². The number of carboxylic acids is 1. The van der Waals surface area contributed by atoms with Gasteiger partial charge < -0.3 is 15.6 Å². The lowest BCUT2D eigenvalue weighted by Crippen LogP contribution is -2.59. The molecule has 2 atom stereocenters. The Morgan fingerprint density at radius 3 is 2.18 bits per heavy atom. The Morgan fingerprint density at radius 2 is 1.88 bits per heavy atom. The lowest BCUT2D eigenvalue weighted by Gasteiger charge is -2.35. The molecule has 0 aromatic carbocycles. The number of carbonyl (C=O) groups excluding carboxylic acids is 1. The topological polar surface area (TPSA) is 102 Å². The van der Waals surface area contributed by atoms with Crippen molar-refractivity contribution < 1.29 is 19.4 Å². The van der Waals surface area contributed by atoms with Gasteiger partial charge in [0.25, 0.3) is 0 Å². The van der Waals surface area contributed by atoms with Crippen LogP contribution in [0.25, 0.3) is 0 Å². The molecule has 2 unspecified atom stereocenters. The molecule has 0 rings (SSSR count). The zero-order valence-corrected chi connectivity index (χ0v) is 11.0. The molecule has 0 spiro atoms. The summed E-state index contributed by atoms with van der Waals surface area (Å²) in [5, 5.41) is 12.0. The fourth-order valence-electron chi connectivity index (χ4n) is 1.66. The third-order valence-corrected chi connectivity index (χ3v) is 2.77. The van der Waals surface area contributed by atoms with E-state index >= 15 is 0 Å². The highest BCUT2D eigenvalue weighted by Gasteiger charge is 2.40. The maximum Gasteiger partial charge on any atom is 0.323 e. The van der Waals surface area contributed by atoms with Gasteiger partial charge in [-0.3, -0.25) is 14.9 Å². The SMILES string of the molecule is COC(C)(C)CC(C)(NC(C)C(N)=O)C(=O)O. The second kappa shape index (κ2) is 5.46. The molecule has 0 aromatic heterocycles. The zero-order valence-electron chi connectivity index (χ0n) is 11.0. The highest BCUT2D eigenvalue weighted by molar-refractivity contribution is 5.83. The molecule has 0 heterocycles. The van der Waals surface area contributed by atoms with E-state index in [-0.39, 0.29) is 6.42 Å². The van der Waals surface area contributed by atoms with E-state index < -0.39 is 29.1 Å². The average molecular weight is 246 g/mol. The summed E-state index contributed by atoms with van der Waals surface area (Å²) in [7, 11) is 1.51. The van der Waals surface area contributed by atoms with E-state index in [2.05, 4.69) is 5.32 Å². The van der Waals surface area contributed by atoms with Crippen LogP contribution in [0.1, 0.15) is 34.1 Å². The number of carbonyl (C=O) groups is 2. The molecule has 17 heavy (non-hydrogen) atoms. The van der Waals surface area contributed by atoms with Crippen molar-refractivity contribution in [3.8, 4) is 0 Å². The number of amides is 1. The predicted molar refractivity (Wildman–Crippen MR) is 63.5 cm³/mol. The molecular formula is C11H22N2O4. The van der Waals surface area contributed by atoms with Crippen molar-refractivity contribution in [2.24, 2.45) is 5.73 Å². The Balaban J connectivity index is 4.93. The lowest BCUT2D eigenvalue weighted by atomic mass is 9.87. The molecule has 0 aromatic rings. The number of ether oxygens (including phenoxy) is 1. The highest BCUT2D eigenvalue weighted by Crippen LogP contribution is 2.23. The van der Waals surface area contributed by atoms with E-state index in [9.17, 15) is 14.7 Å². The van der Waals surface area contributed by atoms with Crippen LogP contribution in [0, 0.1) is 0 Å². The number of hydrogen-bond donors (Lipinski definition) is 3. The molecule has 1 amide bonds. The van der Waals surface area contributed by atoms with E-state index in [1.807, 2.05) is 0 Å². The molecule has 0 saturated heterocycles. The quantitative estimate of drug-likeness (QED) is 0.591. The van der Waals surface area contributed by atoms with Gasteiger partial charge in [0.05, 0.1) is 11.6 Å². The number of primary amides is 1. The molecule has 0 aliphatic carbocycles. The third kappa shape index (κ3) is 4.70. The van der Waals surface area contributed by atoms with Gasteiger partial charge in [-0.15, -0.1) is 0 Å². The molecule has 0 fully saturated rings. The molecule has 0 bridgehead atoms. The van der Waals surface area contributed by atoms with Gasteiger partial charge in [0.1, 0.15) is 5.54 Å². The molecule has 4 N–H and O–H groups in total. The first-order valence-corrected chi connectivity index (χ1v) is 5.39. The Morgan fingerprint density at radius 1 is 1.41 bits per heavy atom. The summed E-state index contributed by atoms with van der Waals surface area (Å²) in [6.45, 7) is 6.61. The first-order chi connectivity index (χ1) is 7.54. The van der Waals surface area contributed by atoms with E-state index in [4.69, 9.17) is 10.5 Å². The molecule has 6 nitrogen and oxygen atoms in total. The summed E-state index contributed by atoms with van der Waals surface area (Å²) in [4.78, 5) is 22.3. The molecule has 6 heteroatoms. The monoisotopic (exact) mass is 246 g/mol. The molecule has 100 valence electrons. The number of hydrogen-bond acceptors (Lipinski definition) is 4. The minimum absolute atomic E-state index is 0.212. The van der Waals surface area contributed by atoms with Crippen molar-refractivity contribution in [2.45, 2.75) is 51.3 Å². The van der Waals surface area contributed by atoms with Crippen LogP contribution in [0.15, 0.2) is 0 Å². The normalized spacial score (nSPS) is 17.2. The van der Waals surface area contributed by atoms with Crippen molar-refractivity contribution in [1.29, 1.82) is 0 Å². The zero-order chi connectivity index (χ0) is 13.9. The Bertz CT molecular complexity index is 304. The molecular weight excluding hydrogens is 224 g/mol. The number of rotatable bonds is 7. The van der Waals surface area contributed by atoms with Gasteiger partial charge in [-0.2, -0.15) is 0 Å². The van der Waals surface area contributed by atoms with Crippen LogP contribution < -0.4 is 11.1 Å². The fraction of sp³-hybridized carbons (Fsp3) is 0.818. The van der Waals surface area contributed by atoms with Gasteiger partial charge >= 0.3 is 5.97 Å². The summed E-state index contributed by atoms with van der Waals surface area (Å²) in [6, 6.07) is -0.719. The predicted octanol–water partition coefficient (Wildman–Crippen LogP) is 0.108. The van der Waals surface area contributed by atoms with Crippen LogP contribution in [-0.4, -0.2) is 41.3 Å². The Hall–Kier alpha value is -1.14. The molecule has 0 aliphatic heterocycles. The summed E-state index contributed by atoms with van der Waals surface area (Å²) in [5.74, 6) is -1.64. The van der Waals surface area contributed by atoms with Gasteiger partial charge in [-0.25, -0.2) is 0 Å². The number of aliphatic carboxylic acids is 1. The Kier molecular flexibility index (Phi) is 5.10. The van der Waals surface area contributed by atoms with Crippen LogP contribution in [0.3, 0.4) is 0 Å². The minimum Gasteiger partial charge on any atom is -0.480 e. The second-order valence-electron chi connectivity index (χ2n) is 5.05. The lowest BCUT2D eigenvalue weighted by molar-refractivity contribution is -0.148. The maximum absolute atomic E-state index is 11.3. The van der Waals surface area contributed by atoms with Crippen LogP contribution in [-0.2, 0) is 14.3 Å². The summed E-state index contributed by atoms with van der Waals surface area (Å²) in [5.41, 5.74) is 3.23. The largest absolute Gasteiger partial charge is 0.480 e. The van der Waals surface area contributed by atoms with Crippen LogP contribution in [0.4, 0.5) is 0 Å². The molecule has 0 aliphatic rings. The fourth-order valence-corrected chi connectivity index (χ4v) is 1.66. The van der Waals surface area contributed by atoms with Crippen molar-refractivity contribution in [3.05, 3.63) is 0 Å². The van der Waals surface area contributed by atoms with Gasteiger partial charge in [0.2, 0.25) is 5.91 Å². The second-order valence-corrected chi connectivity index (χ2v) is 5.05. The van der Waals surface area contributed by atoms with Crippen LogP contribution in [0.5, 0.6) is 0 Å². The maximum atomic E-state index is 11.3. The van der Waals surface area contributed by atoms with Crippen molar-refractivity contribution >= 4 is 11.9 Å². The smallest absolute Gasteiger partial charge is 0.323 e. The summed E-state index contributed by atoms with van der Waals surface area (Å²) < 4.78 is 5.21. The summed E-state index contributed by atoms with van der Waals surface area (Å²) in [6.07, 6.45) is 0.212. The van der Waals surface area contributed by atoms with Gasteiger partial charge in [0.15, 0.2) is 0 Å². The van der Waals surface area contributed by atoms with Crippen molar-refractivity contribution in [1.82, 2.24) is 5.32 Å². The van der Waals surface area contributed by atoms with Gasteiger partial charge in [-0.05, 0) is 27.7 Å². The standard InChI is InChI=1S/C11H22N2O4/c1-7(8(12)14)13-11(4,9(15)16)6-10(2,3)17-5/h7,13H,6H2,1-5H3,(H2,12,14)(H,15,16). The summed E-state index contributed by atoms with van der Waals surface area (Å²) >= 11 is 0. The molecule has 0 saturated carbocycles. The van der Waals surface area contributed by atoms with Crippen LogP contribution in [0.2, 0.25) is 0 Å². The minimum atomic E-state index is -1.27.